The molecule has 3 rings (SSSR count). The number of benzene rings is 1. The summed E-state index contributed by atoms with van der Waals surface area (Å²) < 4.78 is 18.8. The van der Waals surface area contributed by atoms with Crippen molar-refractivity contribution in [3.63, 3.8) is 0 Å². The molecule has 0 fully saturated rings. The van der Waals surface area contributed by atoms with Gasteiger partial charge in [0.2, 0.25) is 0 Å². The van der Waals surface area contributed by atoms with E-state index in [0.717, 1.165) is 5.69 Å². The quantitative estimate of drug-likeness (QED) is 0.785. The van der Waals surface area contributed by atoms with Gasteiger partial charge in [0.15, 0.2) is 17.3 Å². The molecule has 0 saturated carbocycles. The van der Waals surface area contributed by atoms with Gasteiger partial charge in [-0.1, -0.05) is 12.1 Å². The summed E-state index contributed by atoms with van der Waals surface area (Å²) in [5.41, 5.74) is 1.87. The summed E-state index contributed by atoms with van der Waals surface area (Å²) in [5.74, 6) is 0.327. The van der Waals surface area contributed by atoms with Crippen LogP contribution in [0.4, 0.5) is 15.2 Å². The monoisotopic (exact) mass is 275 g/mol. The summed E-state index contributed by atoms with van der Waals surface area (Å²) in [6.45, 7) is 1.85. The molecular formula is C13H10FN3OS. The third kappa shape index (κ3) is 2.34. The molecule has 0 aliphatic rings. The third-order valence-electron chi connectivity index (χ3n) is 2.60. The molecule has 0 unspecified atom stereocenters. The number of nitrogens with one attached hydrogen (secondary N) is 1. The fourth-order valence-corrected chi connectivity index (χ4v) is 2.36. The van der Waals surface area contributed by atoms with Crippen LogP contribution in [0.15, 0.2) is 40.5 Å². The van der Waals surface area contributed by atoms with E-state index in [1.807, 2.05) is 12.3 Å². The first-order valence-corrected chi connectivity index (χ1v) is 6.49. The van der Waals surface area contributed by atoms with Gasteiger partial charge >= 0.3 is 0 Å². The maximum atomic E-state index is 13.5. The lowest BCUT2D eigenvalue weighted by Gasteiger charge is -2.02. The van der Waals surface area contributed by atoms with Crippen LogP contribution in [0.3, 0.4) is 0 Å². The first-order valence-electron chi connectivity index (χ1n) is 5.61. The van der Waals surface area contributed by atoms with E-state index in [0.29, 0.717) is 22.3 Å². The fraction of sp³-hybridized carbons (Fsp3) is 0.0769. The van der Waals surface area contributed by atoms with Gasteiger partial charge in [0, 0.05) is 5.38 Å². The molecule has 19 heavy (non-hydrogen) atoms. The Morgan fingerprint density at radius 2 is 2.16 bits per heavy atom. The summed E-state index contributed by atoms with van der Waals surface area (Å²) in [7, 11) is 0. The van der Waals surface area contributed by atoms with Gasteiger partial charge in [-0.2, -0.15) is 0 Å². The lowest BCUT2D eigenvalue weighted by Crippen LogP contribution is -1.92. The molecule has 1 N–H and O–H groups in total. The number of halogens is 1. The van der Waals surface area contributed by atoms with Crippen LogP contribution in [0, 0.1) is 12.7 Å². The Hall–Kier alpha value is -2.21. The Kier molecular flexibility index (Phi) is 3.00. The zero-order valence-corrected chi connectivity index (χ0v) is 10.9. The van der Waals surface area contributed by atoms with Crippen LogP contribution in [-0.2, 0) is 0 Å². The van der Waals surface area contributed by atoms with Gasteiger partial charge in [0.05, 0.1) is 11.4 Å². The van der Waals surface area contributed by atoms with E-state index in [-0.39, 0.29) is 5.82 Å². The van der Waals surface area contributed by atoms with Crippen molar-refractivity contribution in [2.45, 2.75) is 6.92 Å². The largest absolute Gasteiger partial charge is 0.442 e. The number of rotatable bonds is 3. The molecule has 0 aliphatic heterocycles. The van der Waals surface area contributed by atoms with Crippen LogP contribution in [-0.4, -0.2) is 9.97 Å². The SMILES string of the molecule is Cc1ncoc1-c1csc(Nc2ccccc2F)n1. The minimum atomic E-state index is -0.310. The lowest BCUT2D eigenvalue weighted by atomic mass is 10.3. The van der Waals surface area contributed by atoms with Gasteiger partial charge in [0.25, 0.3) is 0 Å². The summed E-state index contributed by atoms with van der Waals surface area (Å²) in [4.78, 5) is 8.37. The minimum absolute atomic E-state index is 0.310. The standard InChI is InChI=1S/C13H10FN3OS/c1-8-12(18-7-15-8)11-6-19-13(17-11)16-10-5-3-2-4-9(10)14/h2-7H,1H3,(H,16,17). The van der Waals surface area contributed by atoms with E-state index in [1.165, 1.54) is 23.8 Å². The highest BCUT2D eigenvalue weighted by atomic mass is 32.1. The van der Waals surface area contributed by atoms with E-state index in [2.05, 4.69) is 15.3 Å². The first-order chi connectivity index (χ1) is 9.24. The lowest BCUT2D eigenvalue weighted by molar-refractivity contribution is 0.569. The second-order valence-electron chi connectivity index (χ2n) is 3.91. The molecule has 4 nitrogen and oxygen atoms in total. The Bertz CT molecular complexity index is 707. The van der Waals surface area contributed by atoms with E-state index in [1.54, 1.807) is 18.2 Å². The highest BCUT2D eigenvalue weighted by Crippen LogP contribution is 2.29. The van der Waals surface area contributed by atoms with Crippen molar-refractivity contribution < 1.29 is 8.81 Å². The van der Waals surface area contributed by atoms with Crippen molar-refractivity contribution in [3.8, 4) is 11.5 Å². The Morgan fingerprint density at radius 3 is 2.89 bits per heavy atom. The predicted octanol–water partition coefficient (Wildman–Crippen LogP) is 3.99. The molecule has 0 saturated heterocycles. The van der Waals surface area contributed by atoms with Crippen LogP contribution in [0.25, 0.3) is 11.5 Å². The van der Waals surface area contributed by atoms with Gasteiger partial charge in [-0.15, -0.1) is 11.3 Å². The predicted molar refractivity (Wildman–Crippen MR) is 72.0 cm³/mol. The number of thiazole rings is 1. The fourth-order valence-electron chi connectivity index (χ4n) is 1.66. The molecule has 96 valence electrons. The second-order valence-corrected chi connectivity index (χ2v) is 4.77. The summed E-state index contributed by atoms with van der Waals surface area (Å²) >= 11 is 1.38. The minimum Gasteiger partial charge on any atom is -0.442 e. The molecule has 2 aromatic heterocycles. The highest BCUT2D eigenvalue weighted by molar-refractivity contribution is 7.14. The van der Waals surface area contributed by atoms with E-state index in [9.17, 15) is 4.39 Å². The number of para-hydroxylation sites is 1. The van der Waals surface area contributed by atoms with E-state index >= 15 is 0 Å². The third-order valence-corrected chi connectivity index (χ3v) is 3.36. The van der Waals surface area contributed by atoms with Crippen molar-refractivity contribution in [2.24, 2.45) is 0 Å². The van der Waals surface area contributed by atoms with Crippen molar-refractivity contribution in [2.75, 3.05) is 5.32 Å². The van der Waals surface area contributed by atoms with Crippen LogP contribution in [0.2, 0.25) is 0 Å². The number of oxazole rings is 1. The number of hydrogen-bond acceptors (Lipinski definition) is 5. The van der Waals surface area contributed by atoms with Crippen LogP contribution in [0.5, 0.6) is 0 Å². The molecule has 2 heterocycles. The molecule has 6 heteroatoms. The van der Waals surface area contributed by atoms with Gasteiger partial charge < -0.3 is 9.73 Å². The Labute approximate surface area is 112 Å². The highest BCUT2D eigenvalue weighted by Gasteiger charge is 2.12. The Balaban J connectivity index is 1.87. The average molecular weight is 275 g/mol. The average Bonchev–Trinajstić information content (AvgIpc) is 3.01. The topological polar surface area (TPSA) is 51.0 Å². The Morgan fingerprint density at radius 1 is 1.32 bits per heavy atom. The molecular weight excluding hydrogens is 265 g/mol. The molecule has 0 spiro atoms. The summed E-state index contributed by atoms with van der Waals surface area (Å²) in [5, 5.41) is 5.40. The van der Waals surface area contributed by atoms with Gasteiger partial charge in [-0.3, -0.25) is 0 Å². The zero-order chi connectivity index (χ0) is 13.2. The molecule has 0 bridgehead atoms. The van der Waals surface area contributed by atoms with Gasteiger partial charge in [-0.05, 0) is 19.1 Å². The molecule has 0 aliphatic carbocycles. The number of nitrogens with zero attached hydrogens (tertiary/aromatic N) is 2. The second kappa shape index (κ2) is 4.81. The summed E-state index contributed by atoms with van der Waals surface area (Å²) in [6, 6.07) is 6.47. The zero-order valence-electron chi connectivity index (χ0n) is 10.1. The number of anilines is 2. The molecule has 1 aromatic carbocycles. The normalized spacial score (nSPS) is 10.6. The summed E-state index contributed by atoms with van der Waals surface area (Å²) in [6.07, 6.45) is 1.38. The van der Waals surface area contributed by atoms with Crippen LogP contribution < -0.4 is 5.32 Å². The molecule has 0 radical (unpaired) electrons. The maximum Gasteiger partial charge on any atom is 0.187 e. The molecule has 0 amide bonds. The number of hydrogen-bond donors (Lipinski definition) is 1. The van der Waals surface area contributed by atoms with Gasteiger partial charge in [-0.25, -0.2) is 14.4 Å². The van der Waals surface area contributed by atoms with Crippen LogP contribution >= 0.6 is 11.3 Å². The van der Waals surface area contributed by atoms with Crippen LogP contribution in [0.1, 0.15) is 5.69 Å². The smallest absolute Gasteiger partial charge is 0.187 e. The van der Waals surface area contributed by atoms with Crippen molar-refractivity contribution in [3.05, 3.63) is 47.6 Å². The molecule has 3 aromatic rings. The van der Waals surface area contributed by atoms with Crippen molar-refractivity contribution in [1.82, 2.24) is 9.97 Å². The van der Waals surface area contributed by atoms with Gasteiger partial charge in [0.1, 0.15) is 11.5 Å². The number of aryl methyl sites for hydroxylation is 1. The van der Waals surface area contributed by atoms with Crippen molar-refractivity contribution >= 4 is 22.2 Å². The number of aromatic nitrogens is 2. The van der Waals surface area contributed by atoms with Crippen molar-refractivity contribution in [1.29, 1.82) is 0 Å². The first kappa shape index (κ1) is 11.9. The molecule has 0 atom stereocenters. The maximum absolute atomic E-state index is 13.5. The van der Waals surface area contributed by atoms with E-state index in [4.69, 9.17) is 4.42 Å². The van der Waals surface area contributed by atoms with E-state index < -0.39 is 0 Å².